The fourth-order valence-electron chi connectivity index (χ4n) is 1.78. The van der Waals surface area contributed by atoms with Gasteiger partial charge in [0, 0.05) is 5.56 Å². The van der Waals surface area contributed by atoms with Gasteiger partial charge in [0.1, 0.15) is 5.82 Å². The Morgan fingerprint density at radius 2 is 1.83 bits per heavy atom. The van der Waals surface area contributed by atoms with Crippen molar-refractivity contribution < 1.29 is 22.4 Å². The number of nitrogens with one attached hydrogen (secondary N) is 1. The molecule has 0 heterocycles. The zero-order chi connectivity index (χ0) is 16.9. The Hall–Kier alpha value is -2.81. The van der Waals surface area contributed by atoms with Gasteiger partial charge in [-0.05, 0) is 30.3 Å². The zero-order valence-electron chi connectivity index (χ0n) is 11.7. The van der Waals surface area contributed by atoms with Gasteiger partial charge in [0.15, 0.2) is 0 Å². The number of halogens is 4. The van der Waals surface area contributed by atoms with E-state index in [1.54, 1.807) is 0 Å². The topological polar surface area (TPSA) is 29.1 Å². The van der Waals surface area contributed by atoms with Crippen LogP contribution in [0.4, 0.5) is 17.6 Å². The van der Waals surface area contributed by atoms with E-state index in [-0.39, 0.29) is 17.7 Å². The van der Waals surface area contributed by atoms with Gasteiger partial charge in [-0.2, -0.15) is 13.2 Å². The largest absolute Gasteiger partial charge is 0.416 e. The highest BCUT2D eigenvalue weighted by Gasteiger charge is 2.30. The highest BCUT2D eigenvalue weighted by molar-refractivity contribution is 5.94. The van der Waals surface area contributed by atoms with Crippen LogP contribution < -0.4 is 5.32 Å². The second-order valence-electron chi connectivity index (χ2n) is 4.54. The lowest BCUT2D eigenvalue weighted by Gasteiger charge is -2.05. The van der Waals surface area contributed by atoms with Crippen molar-refractivity contribution in [1.82, 2.24) is 5.32 Å². The van der Waals surface area contributed by atoms with E-state index in [0.29, 0.717) is 0 Å². The first kappa shape index (κ1) is 16.6. The zero-order valence-corrected chi connectivity index (χ0v) is 11.7. The minimum Gasteiger partial charge on any atom is -0.341 e. The lowest BCUT2D eigenvalue weighted by molar-refractivity contribution is -0.137. The second-order valence-corrected chi connectivity index (χ2v) is 4.54. The maximum atomic E-state index is 13.4. The molecular formula is C17H11F4NO. The number of alkyl halides is 3. The maximum absolute atomic E-state index is 13.4. The summed E-state index contributed by atoms with van der Waals surface area (Å²) in [5.74, 6) is 3.75. The van der Waals surface area contributed by atoms with Gasteiger partial charge in [0.25, 0.3) is 5.91 Å². The second kappa shape index (κ2) is 6.97. The first-order valence-electron chi connectivity index (χ1n) is 6.57. The van der Waals surface area contributed by atoms with Crippen molar-refractivity contribution in [3.05, 3.63) is 71.0 Å². The van der Waals surface area contributed by atoms with Gasteiger partial charge in [-0.15, -0.1) is 0 Å². The molecule has 2 nitrogen and oxygen atoms in total. The molecule has 1 amide bonds. The van der Waals surface area contributed by atoms with E-state index in [4.69, 9.17) is 0 Å². The Balaban J connectivity index is 1.99. The summed E-state index contributed by atoms with van der Waals surface area (Å²) >= 11 is 0. The molecule has 0 unspecified atom stereocenters. The van der Waals surface area contributed by atoms with Crippen LogP contribution in [0.25, 0.3) is 0 Å². The predicted octanol–water partition coefficient (Wildman–Crippen LogP) is 3.63. The van der Waals surface area contributed by atoms with Crippen molar-refractivity contribution in [3.63, 3.8) is 0 Å². The molecule has 0 bridgehead atoms. The van der Waals surface area contributed by atoms with Gasteiger partial charge in [-0.25, -0.2) is 4.39 Å². The average Bonchev–Trinajstić information content (AvgIpc) is 2.51. The summed E-state index contributed by atoms with van der Waals surface area (Å²) in [6.45, 7) is -0.108. The van der Waals surface area contributed by atoms with Gasteiger partial charge in [0.05, 0.1) is 17.7 Å². The molecule has 0 aromatic heterocycles. The summed E-state index contributed by atoms with van der Waals surface area (Å²) in [6.07, 6.45) is -4.43. The van der Waals surface area contributed by atoms with Gasteiger partial charge in [-0.3, -0.25) is 4.79 Å². The molecule has 2 rings (SSSR count). The van der Waals surface area contributed by atoms with Crippen LogP contribution in [0, 0.1) is 17.7 Å². The van der Waals surface area contributed by atoms with Crippen LogP contribution in [0.15, 0.2) is 48.5 Å². The molecule has 118 valence electrons. The summed E-state index contributed by atoms with van der Waals surface area (Å²) < 4.78 is 51.0. The quantitative estimate of drug-likeness (QED) is 0.664. The molecule has 0 spiro atoms. The summed E-state index contributed by atoms with van der Waals surface area (Å²) in [5, 5.41) is 2.38. The number of carbonyl (C=O) groups is 1. The molecule has 0 fully saturated rings. The number of hydrogen-bond acceptors (Lipinski definition) is 1. The van der Waals surface area contributed by atoms with Crippen LogP contribution in [-0.4, -0.2) is 12.5 Å². The molecule has 0 aliphatic heterocycles. The Morgan fingerprint density at radius 1 is 1.09 bits per heavy atom. The van der Waals surface area contributed by atoms with Gasteiger partial charge >= 0.3 is 6.18 Å². The number of benzene rings is 2. The Bertz CT molecular complexity index is 772. The molecule has 2 aromatic carbocycles. The van der Waals surface area contributed by atoms with E-state index in [0.717, 1.165) is 18.2 Å². The molecule has 0 saturated heterocycles. The highest BCUT2D eigenvalue weighted by atomic mass is 19.4. The fourth-order valence-corrected chi connectivity index (χ4v) is 1.78. The molecule has 0 saturated carbocycles. The van der Waals surface area contributed by atoms with Crippen LogP contribution >= 0.6 is 0 Å². The van der Waals surface area contributed by atoms with E-state index in [1.807, 2.05) is 0 Å². The summed E-state index contributed by atoms with van der Waals surface area (Å²) in [6, 6.07) is 10.0. The Labute approximate surface area is 130 Å². The summed E-state index contributed by atoms with van der Waals surface area (Å²) in [7, 11) is 0. The molecule has 2 aromatic rings. The van der Waals surface area contributed by atoms with Gasteiger partial charge < -0.3 is 5.32 Å². The van der Waals surface area contributed by atoms with E-state index >= 15 is 0 Å². The molecule has 0 aliphatic rings. The summed E-state index contributed by atoms with van der Waals surface area (Å²) in [5.41, 5.74) is -0.729. The molecular weight excluding hydrogens is 310 g/mol. The van der Waals surface area contributed by atoms with E-state index in [9.17, 15) is 22.4 Å². The number of hydrogen-bond donors (Lipinski definition) is 1. The predicted molar refractivity (Wildman–Crippen MR) is 77.1 cm³/mol. The number of carbonyl (C=O) groups excluding carboxylic acids is 1. The van der Waals surface area contributed by atoms with Crippen LogP contribution in [-0.2, 0) is 6.18 Å². The maximum Gasteiger partial charge on any atom is 0.416 e. The first-order chi connectivity index (χ1) is 10.9. The van der Waals surface area contributed by atoms with Crippen molar-refractivity contribution in [2.24, 2.45) is 0 Å². The molecule has 6 heteroatoms. The fraction of sp³-hybridized carbons (Fsp3) is 0.118. The lowest BCUT2D eigenvalue weighted by atomic mass is 10.1. The minimum absolute atomic E-state index is 0.108. The highest BCUT2D eigenvalue weighted by Crippen LogP contribution is 2.29. The van der Waals surface area contributed by atoms with Gasteiger partial charge in [0.2, 0.25) is 0 Å². The van der Waals surface area contributed by atoms with Crippen LogP contribution in [0.1, 0.15) is 21.5 Å². The summed E-state index contributed by atoms with van der Waals surface area (Å²) in [4.78, 5) is 11.7. The van der Waals surface area contributed by atoms with E-state index < -0.39 is 23.5 Å². The molecule has 0 aliphatic carbocycles. The van der Waals surface area contributed by atoms with Crippen molar-refractivity contribution in [3.8, 4) is 11.8 Å². The van der Waals surface area contributed by atoms with Crippen LogP contribution in [0.2, 0.25) is 0 Å². The van der Waals surface area contributed by atoms with Crippen LogP contribution in [0.3, 0.4) is 0 Å². The third-order valence-electron chi connectivity index (χ3n) is 2.88. The molecule has 23 heavy (non-hydrogen) atoms. The third-order valence-corrected chi connectivity index (χ3v) is 2.88. The normalized spacial score (nSPS) is 10.6. The minimum atomic E-state index is -4.43. The molecule has 0 atom stereocenters. The number of amides is 1. The standard InChI is InChI=1S/C17H11F4NO/c18-15-9-2-1-8-14(15)16(23)22-10-4-6-12-5-3-7-13(11-12)17(19,20)21/h1-3,5,7-9,11H,10H2,(H,22,23). The van der Waals surface area contributed by atoms with Crippen molar-refractivity contribution in [2.45, 2.75) is 6.18 Å². The van der Waals surface area contributed by atoms with E-state index in [2.05, 4.69) is 17.2 Å². The van der Waals surface area contributed by atoms with E-state index in [1.165, 1.54) is 30.3 Å². The van der Waals surface area contributed by atoms with Crippen molar-refractivity contribution >= 4 is 5.91 Å². The molecule has 1 N–H and O–H groups in total. The lowest BCUT2D eigenvalue weighted by Crippen LogP contribution is -2.24. The molecule has 0 radical (unpaired) electrons. The smallest absolute Gasteiger partial charge is 0.341 e. The van der Waals surface area contributed by atoms with Gasteiger partial charge in [-0.1, -0.05) is 30.0 Å². The Kier molecular flexibility index (Phi) is 5.02. The number of rotatable bonds is 2. The Morgan fingerprint density at radius 3 is 2.52 bits per heavy atom. The average molecular weight is 321 g/mol. The SMILES string of the molecule is O=C(NCC#Cc1cccc(C(F)(F)F)c1)c1ccccc1F. The third kappa shape index (κ3) is 4.58. The monoisotopic (exact) mass is 321 g/mol. The van der Waals surface area contributed by atoms with Crippen LogP contribution in [0.5, 0.6) is 0 Å². The van der Waals surface area contributed by atoms with Crippen molar-refractivity contribution in [1.29, 1.82) is 0 Å². The van der Waals surface area contributed by atoms with Crippen molar-refractivity contribution in [2.75, 3.05) is 6.54 Å². The first-order valence-corrected chi connectivity index (χ1v) is 6.57.